The highest BCUT2D eigenvalue weighted by Gasteiger charge is 2.39. The lowest BCUT2D eigenvalue weighted by Gasteiger charge is -2.28. The second-order valence-corrected chi connectivity index (χ2v) is 9.02. The lowest BCUT2D eigenvalue weighted by molar-refractivity contribution is -0.114. The third kappa shape index (κ3) is 3.95. The summed E-state index contributed by atoms with van der Waals surface area (Å²) in [5, 5.41) is 4.07. The maximum absolute atomic E-state index is 13.8. The van der Waals surface area contributed by atoms with Crippen LogP contribution in [0.1, 0.15) is 11.3 Å². The van der Waals surface area contributed by atoms with Crippen LogP contribution in [0.3, 0.4) is 0 Å². The van der Waals surface area contributed by atoms with Crippen molar-refractivity contribution in [1.82, 2.24) is 9.36 Å². The second-order valence-electron chi connectivity index (χ2n) is 8.23. The summed E-state index contributed by atoms with van der Waals surface area (Å²) in [4.78, 5) is 27.6. The second kappa shape index (κ2) is 9.13. The Labute approximate surface area is 212 Å². The average Bonchev–Trinajstić information content (AvgIpc) is 3.30. The largest absolute Gasteiger partial charge is 0.297 e. The molecule has 35 heavy (non-hydrogen) atoms. The topological polar surface area (TPSA) is 50.5 Å². The highest BCUT2D eigenvalue weighted by molar-refractivity contribution is 6.43. The van der Waals surface area contributed by atoms with Gasteiger partial charge in [0.05, 0.1) is 33.7 Å². The molecule has 6 nitrogen and oxygen atoms in total. The lowest BCUT2D eigenvalue weighted by atomic mass is 10.1. The van der Waals surface area contributed by atoms with E-state index in [0.29, 0.717) is 38.3 Å². The zero-order valence-corrected chi connectivity index (χ0v) is 20.7. The predicted octanol–water partition coefficient (Wildman–Crippen LogP) is 5.64. The smallest absolute Gasteiger partial charge is 0.283 e. The van der Waals surface area contributed by atoms with Crippen LogP contribution < -0.4 is 15.6 Å². The summed E-state index contributed by atoms with van der Waals surface area (Å²) < 4.78 is 3.33. The van der Waals surface area contributed by atoms with Gasteiger partial charge >= 0.3 is 0 Å². The first-order valence-corrected chi connectivity index (χ1v) is 11.8. The minimum absolute atomic E-state index is 0.269. The first kappa shape index (κ1) is 23.0. The van der Waals surface area contributed by atoms with Crippen LogP contribution in [0.15, 0.2) is 89.2 Å². The zero-order valence-electron chi connectivity index (χ0n) is 19.2. The van der Waals surface area contributed by atoms with E-state index in [2.05, 4.69) is 0 Å². The van der Waals surface area contributed by atoms with Gasteiger partial charge in [0.1, 0.15) is 0 Å². The SMILES string of the molecule is Cc1c(N2C(=O)/C(=C/c3cccc(Cl)c3Cl)CN2c2ccccc2)c(=O)n(-c2ccccc2)n1C. The number of carbonyl (C=O) groups excluding carboxylic acids is 1. The molecular weight excluding hydrogens is 483 g/mol. The fourth-order valence-corrected chi connectivity index (χ4v) is 4.66. The van der Waals surface area contributed by atoms with Crippen LogP contribution in [0.25, 0.3) is 11.8 Å². The van der Waals surface area contributed by atoms with Crippen LogP contribution in [0.4, 0.5) is 11.4 Å². The average molecular weight is 505 g/mol. The fraction of sp³-hybridized carbons (Fsp3) is 0.111. The van der Waals surface area contributed by atoms with Crippen molar-refractivity contribution in [3.8, 4) is 5.69 Å². The number of hydrazine groups is 1. The van der Waals surface area contributed by atoms with Gasteiger partial charge in [-0.05, 0) is 48.9 Å². The first-order chi connectivity index (χ1) is 16.9. The van der Waals surface area contributed by atoms with Crippen LogP contribution in [-0.2, 0) is 11.8 Å². The standard InChI is InChI=1S/C27H22Cl2N4O2/c1-18-25(27(35)32(30(18)2)22-13-7-4-8-14-22)33-26(34)20(16-19-10-9-15-23(28)24(19)29)17-31(33)21-11-5-3-6-12-21/h3-16H,17H2,1-2H3/b20-16+. The first-order valence-electron chi connectivity index (χ1n) is 11.0. The van der Waals surface area contributed by atoms with Gasteiger partial charge in [0.15, 0.2) is 5.69 Å². The monoisotopic (exact) mass is 504 g/mol. The van der Waals surface area contributed by atoms with E-state index in [4.69, 9.17) is 23.2 Å². The number of hydrogen-bond acceptors (Lipinski definition) is 3. The van der Waals surface area contributed by atoms with Crippen molar-refractivity contribution >= 4 is 46.6 Å². The number of amides is 1. The molecule has 0 aliphatic carbocycles. The van der Waals surface area contributed by atoms with Gasteiger partial charge < -0.3 is 0 Å². The number of benzene rings is 3. The third-order valence-corrected chi connectivity index (χ3v) is 6.96. The Bertz CT molecular complexity index is 1510. The number of hydrogen-bond donors (Lipinski definition) is 0. The Kier molecular flexibility index (Phi) is 6.01. The number of aromatic nitrogens is 2. The van der Waals surface area contributed by atoms with Crippen LogP contribution in [0.2, 0.25) is 10.0 Å². The number of para-hydroxylation sites is 2. The summed E-state index contributed by atoms with van der Waals surface area (Å²) in [6.45, 7) is 2.10. The van der Waals surface area contributed by atoms with Gasteiger partial charge in [0, 0.05) is 12.6 Å². The molecule has 1 amide bonds. The molecule has 8 heteroatoms. The summed E-state index contributed by atoms with van der Waals surface area (Å²) in [6, 6.07) is 24.2. The van der Waals surface area contributed by atoms with E-state index in [-0.39, 0.29) is 18.0 Å². The van der Waals surface area contributed by atoms with E-state index in [9.17, 15) is 9.59 Å². The molecule has 0 atom stereocenters. The summed E-state index contributed by atoms with van der Waals surface area (Å²) >= 11 is 12.6. The number of anilines is 2. The number of halogens is 2. The molecule has 1 fully saturated rings. The molecule has 0 N–H and O–H groups in total. The highest BCUT2D eigenvalue weighted by atomic mass is 35.5. The van der Waals surface area contributed by atoms with Gasteiger partial charge in [0.25, 0.3) is 11.5 Å². The molecule has 0 unspecified atom stereocenters. The molecule has 2 heterocycles. The van der Waals surface area contributed by atoms with Crippen molar-refractivity contribution in [2.75, 3.05) is 16.6 Å². The van der Waals surface area contributed by atoms with Crippen molar-refractivity contribution in [3.05, 3.63) is 116 Å². The van der Waals surface area contributed by atoms with Gasteiger partial charge in [-0.25, -0.2) is 9.69 Å². The molecule has 1 aromatic heterocycles. The Balaban J connectivity index is 1.68. The molecule has 176 valence electrons. The van der Waals surface area contributed by atoms with Crippen molar-refractivity contribution in [2.24, 2.45) is 7.05 Å². The molecule has 1 aliphatic rings. The molecule has 5 rings (SSSR count). The van der Waals surface area contributed by atoms with Crippen LogP contribution >= 0.6 is 23.2 Å². The quantitative estimate of drug-likeness (QED) is 0.337. The molecule has 0 bridgehead atoms. The van der Waals surface area contributed by atoms with Crippen molar-refractivity contribution in [3.63, 3.8) is 0 Å². The van der Waals surface area contributed by atoms with Crippen LogP contribution in [0, 0.1) is 6.92 Å². The lowest BCUT2D eigenvalue weighted by Crippen LogP contribution is -2.42. The van der Waals surface area contributed by atoms with Gasteiger partial charge in [-0.2, -0.15) is 0 Å². The van der Waals surface area contributed by atoms with Crippen molar-refractivity contribution in [2.45, 2.75) is 6.92 Å². The van der Waals surface area contributed by atoms with E-state index < -0.39 is 0 Å². The number of carbonyl (C=O) groups is 1. The molecular formula is C27H22Cl2N4O2. The third-order valence-electron chi connectivity index (χ3n) is 6.13. The normalized spacial score (nSPS) is 14.9. The maximum atomic E-state index is 13.8. The van der Waals surface area contributed by atoms with Crippen LogP contribution in [-0.4, -0.2) is 21.8 Å². The summed E-state index contributed by atoms with van der Waals surface area (Å²) in [7, 11) is 1.81. The van der Waals surface area contributed by atoms with Crippen molar-refractivity contribution in [1.29, 1.82) is 0 Å². The number of nitrogens with zero attached hydrogens (tertiary/aromatic N) is 4. The molecule has 0 spiro atoms. The summed E-state index contributed by atoms with van der Waals surface area (Å²) in [6.07, 6.45) is 1.74. The fourth-order valence-electron chi connectivity index (χ4n) is 4.30. The van der Waals surface area contributed by atoms with Gasteiger partial charge in [-0.15, -0.1) is 0 Å². The molecule has 3 aromatic carbocycles. The molecule has 1 aliphatic heterocycles. The molecule has 0 saturated carbocycles. The maximum Gasteiger partial charge on any atom is 0.297 e. The van der Waals surface area contributed by atoms with E-state index in [1.807, 2.05) is 79.6 Å². The summed E-state index contributed by atoms with van der Waals surface area (Å²) in [5.41, 5.74) is 3.31. The van der Waals surface area contributed by atoms with E-state index in [1.165, 1.54) is 5.01 Å². The zero-order chi connectivity index (χ0) is 24.7. The van der Waals surface area contributed by atoms with Gasteiger partial charge in [-0.1, -0.05) is 71.7 Å². The predicted molar refractivity (Wildman–Crippen MR) is 141 cm³/mol. The Hall–Kier alpha value is -3.74. The van der Waals surface area contributed by atoms with E-state index in [1.54, 1.807) is 33.6 Å². The summed E-state index contributed by atoms with van der Waals surface area (Å²) in [5.74, 6) is -0.295. The Morgan fingerprint density at radius 2 is 1.46 bits per heavy atom. The molecule has 1 saturated heterocycles. The Morgan fingerprint density at radius 3 is 2.11 bits per heavy atom. The molecule has 4 aromatic rings. The van der Waals surface area contributed by atoms with Gasteiger partial charge in [-0.3, -0.25) is 19.3 Å². The van der Waals surface area contributed by atoms with E-state index >= 15 is 0 Å². The van der Waals surface area contributed by atoms with Crippen molar-refractivity contribution < 1.29 is 4.79 Å². The molecule has 0 radical (unpaired) electrons. The minimum atomic E-state index is -0.295. The van der Waals surface area contributed by atoms with E-state index in [0.717, 1.165) is 5.69 Å². The highest BCUT2D eigenvalue weighted by Crippen LogP contribution is 2.34. The number of rotatable bonds is 4. The Morgan fingerprint density at radius 1 is 0.829 bits per heavy atom. The minimum Gasteiger partial charge on any atom is -0.283 e. The van der Waals surface area contributed by atoms with Gasteiger partial charge in [0.2, 0.25) is 0 Å². The van der Waals surface area contributed by atoms with Crippen LogP contribution in [0.5, 0.6) is 0 Å².